The SMILES string of the molecule is CC1(CN)CCN(C(=O)c2ncncc2Cl)C1.Cl. The minimum Gasteiger partial charge on any atom is -0.337 e. The number of carbonyl (C=O) groups excluding carboxylic acids is 1. The van der Waals surface area contributed by atoms with E-state index in [1.807, 2.05) is 0 Å². The molecular formula is C11H16Cl2N4O. The van der Waals surface area contributed by atoms with E-state index >= 15 is 0 Å². The minimum atomic E-state index is -0.144. The normalized spacial score (nSPS) is 22.7. The predicted molar refractivity (Wildman–Crippen MR) is 72.0 cm³/mol. The van der Waals surface area contributed by atoms with Crippen molar-refractivity contribution in [2.24, 2.45) is 11.1 Å². The molecule has 1 aromatic heterocycles. The number of carbonyl (C=O) groups is 1. The second-order valence-electron chi connectivity index (χ2n) is 4.71. The van der Waals surface area contributed by atoms with Gasteiger partial charge in [0, 0.05) is 19.3 Å². The van der Waals surface area contributed by atoms with Gasteiger partial charge in [-0.1, -0.05) is 18.5 Å². The van der Waals surface area contributed by atoms with Crippen LogP contribution >= 0.6 is 24.0 Å². The maximum absolute atomic E-state index is 12.2. The highest BCUT2D eigenvalue weighted by Crippen LogP contribution is 2.29. The molecule has 1 unspecified atom stereocenters. The lowest BCUT2D eigenvalue weighted by Gasteiger charge is -2.22. The molecule has 2 rings (SSSR count). The number of hydrogen-bond donors (Lipinski definition) is 1. The second kappa shape index (κ2) is 5.82. The summed E-state index contributed by atoms with van der Waals surface area (Å²) in [5.74, 6) is -0.144. The summed E-state index contributed by atoms with van der Waals surface area (Å²) in [4.78, 5) is 21.6. The first-order valence-electron chi connectivity index (χ1n) is 5.50. The zero-order chi connectivity index (χ0) is 12.5. The van der Waals surface area contributed by atoms with Crippen LogP contribution in [-0.4, -0.2) is 40.4 Å². The molecule has 0 aliphatic carbocycles. The van der Waals surface area contributed by atoms with E-state index in [0.717, 1.165) is 6.42 Å². The molecule has 0 saturated carbocycles. The molecule has 1 aromatic rings. The van der Waals surface area contributed by atoms with Gasteiger partial charge in [-0.05, 0) is 18.4 Å². The maximum Gasteiger partial charge on any atom is 0.274 e. The van der Waals surface area contributed by atoms with Crippen molar-refractivity contribution in [2.45, 2.75) is 13.3 Å². The maximum atomic E-state index is 12.2. The molecule has 1 aliphatic rings. The molecular weight excluding hydrogens is 275 g/mol. The third-order valence-electron chi connectivity index (χ3n) is 3.21. The molecule has 1 fully saturated rings. The van der Waals surface area contributed by atoms with E-state index in [9.17, 15) is 4.79 Å². The van der Waals surface area contributed by atoms with E-state index in [1.54, 1.807) is 4.90 Å². The summed E-state index contributed by atoms with van der Waals surface area (Å²) in [6.45, 7) is 4.02. The van der Waals surface area contributed by atoms with Crippen LogP contribution in [0, 0.1) is 5.41 Å². The second-order valence-corrected chi connectivity index (χ2v) is 5.12. The standard InChI is InChI=1S/C11H15ClN4O.ClH/c1-11(5-13)2-3-16(6-11)10(17)9-8(12)4-14-7-15-9;/h4,7H,2-3,5-6,13H2,1H3;1H. The summed E-state index contributed by atoms with van der Waals surface area (Å²) >= 11 is 5.91. The molecule has 0 aromatic carbocycles. The lowest BCUT2D eigenvalue weighted by molar-refractivity contribution is 0.0771. The summed E-state index contributed by atoms with van der Waals surface area (Å²) in [5, 5.41) is 0.291. The van der Waals surface area contributed by atoms with E-state index < -0.39 is 0 Å². The molecule has 0 radical (unpaired) electrons. The monoisotopic (exact) mass is 290 g/mol. The fraction of sp³-hybridized carbons (Fsp3) is 0.545. The van der Waals surface area contributed by atoms with E-state index in [4.69, 9.17) is 17.3 Å². The van der Waals surface area contributed by atoms with Crippen molar-refractivity contribution in [3.63, 3.8) is 0 Å². The molecule has 2 heterocycles. The minimum absolute atomic E-state index is 0. The van der Waals surface area contributed by atoms with Gasteiger partial charge in [0.15, 0.2) is 0 Å². The predicted octanol–water partition coefficient (Wildman–Crippen LogP) is 1.36. The molecule has 2 N–H and O–H groups in total. The molecule has 5 nitrogen and oxygen atoms in total. The Morgan fingerprint density at radius 3 is 2.94 bits per heavy atom. The Hall–Kier alpha value is -0.910. The van der Waals surface area contributed by atoms with Gasteiger partial charge < -0.3 is 10.6 Å². The molecule has 1 saturated heterocycles. The van der Waals surface area contributed by atoms with Gasteiger partial charge >= 0.3 is 0 Å². The number of likely N-dealkylation sites (tertiary alicyclic amines) is 1. The number of nitrogens with zero attached hydrogens (tertiary/aromatic N) is 3. The van der Waals surface area contributed by atoms with Crippen LogP contribution in [0.25, 0.3) is 0 Å². The van der Waals surface area contributed by atoms with E-state index in [-0.39, 0.29) is 29.4 Å². The molecule has 7 heteroatoms. The smallest absolute Gasteiger partial charge is 0.274 e. The van der Waals surface area contributed by atoms with E-state index in [2.05, 4.69) is 16.9 Å². The molecule has 1 atom stereocenters. The Bertz CT molecular complexity index is 443. The van der Waals surface area contributed by atoms with Crippen molar-refractivity contribution in [3.05, 3.63) is 23.2 Å². The van der Waals surface area contributed by atoms with Crippen molar-refractivity contribution >= 4 is 29.9 Å². The number of nitrogens with two attached hydrogens (primary N) is 1. The molecule has 0 bridgehead atoms. The zero-order valence-corrected chi connectivity index (χ0v) is 11.7. The highest BCUT2D eigenvalue weighted by Gasteiger charge is 2.36. The van der Waals surface area contributed by atoms with Crippen LogP contribution in [0.3, 0.4) is 0 Å². The van der Waals surface area contributed by atoms with Crippen molar-refractivity contribution in [2.75, 3.05) is 19.6 Å². The quantitative estimate of drug-likeness (QED) is 0.893. The largest absolute Gasteiger partial charge is 0.337 e. The van der Waals surface area contributed by atoms with E-state index in [0.29, 0.717) is 24.7 Å². The van der Waals surface area contributed by atoms with Crippen LogP contribution < -0.4 is 5.73 Å². The fourth-order valence-electron chi connectivity index (χ4n) is 1.98. The van der Waals surface area contributed by atoms with Gasteiger partial charge in [-0.25, -0.2) is 9.97 Å². The average Bonchev–Trinajstić information content (AvgIpc) is 2.73. The summed E-state index contributed by atoms with van der Waals surface area (Å²) in [7, 11) is 0. The number of aromatic nitrogens is 2. The van der Waals surface area contributed by atoms with Gasteiger partial charge in [0.1, 0.15) is 12.0 Å². The molecule has 18 heavy (non-hydrogen) atoms. The topological polar surface area (TPSA) is 72.1 Å². The summed E-state index contributed by atoms with van der Waals surface area (Å²) in [5.41, 5.74) is 5.99. The van der Waals surface area contributed by atoms with Crippen LogP contribution in [0.4, 0.5) is 0 Å². The Labute approximate surface area is 117 Å². The molecule has 1 aliphatic heterocycles. The van der Waals surface area contributed by atoms with Crippen molar-refractivity contribution in [3.8, 4) is 0 Å². The van der Waals surface area contributed by atoms with Crippen molar-refractivity contribution in [1.82, 2.24) is 14.9 Å². The number of rotatable bonds is 2. The first kappa shape index (κ1) is 15.1. The number of halogens is 2. The van der Waals surface area contributed by atoms with Gasteiger partial charge in [0.25, 0.3) is 5.91 Å². The van der Waals surface area contributed by atoms with Crippen LogP contribution in [-0.2, 0) is 0 Å². The van der Waals surface area contributed by atoms with Crippen molar-refractivity contribution < 1.29 is 4.79 Å². The Kier molecular flexibility index (Phi) is 4.90. The first-order valence-corrected chi connectivity index (χ1v) is 5.88. The summed E-state index contributed by atoms with van der Waals surface area (Å²) < 4.78 is 0. The van der Waals surface area contributed by atoms with Crippen LogP contribution in [0.5, 0.6) is 0 Å². The summed E-state index contributed by atoms with van der Waals surface area (Å²) in [6.07, 6.45) is 3.68. The van der Waals surface area contributed by atoms with Crippen LogP contribution in [0.1, 0.15) is 23.8 Å². The lowest BCUT2D eigenvalue weighted by Crippen LogP contribution is -2.35. The van der Waals surface area contributed by atoms with Gasteiger partial charge in [0.05, 0.1) is 5.02 Å². The van der Waals surface area contributed by atoms with E-state index in [1.165, 1.54) is 12.5 Å². The zero-order valence-electron chi connectivity index (χ0n) is 10.1. The highest BCUT2D eigenvalue weighted by atomic mass is 35.5. The Balaban J connectivity index is 0.00000162. The van der Waals surface area contributed by atoms with Crippen LogP contribution in [0.15, 0.2) is 12.5 Å². The fourth-order valence-corrected chi connectivity index (χ4v) is 2.17. The Morgan fingerprint density at radius 2 is 2.39 bits per heavy atom. The van der Waals surface area contributed by atoms with Gasteiger partial charge in [-0.2, -0.15) is 0 Å². The number of amides is 1. The van der Waals surface area contributed by atoms with Gasteiger partial charge in [-0.15, -0.1) is 12.4 Å². The van der Waals surface area contributed by atoms with Crippen molar-refractivity contribution in [1.29, 1.82) is 0 Å². The third kappa shape index (κ3) is 2.91. The van der Waals surface area contributed by atoms with Crippen LogP contribution in [0.2, 0.25) is 5.02 Å². The first-order chi connectivity index (χ1) is 8.06. The van der Waals surface area contributed by atoms with Gasteiger partial charge in [-0.3, -0.25) is 4.79 Å². The summed E-state index contributed by atoms with van der Waals surface area (Å²) in [6, 6.07) is 0. The molecule has 100 valence electrons. The molecule has 0 spiro atoms. The van der Waals surface area contributed by atoms with Gasteiger partial charge in [0.2, 0.25) is 0 Å². The Morgan fingerprint density at radius 1 is 1.67 bits per heavy atom. The number of hydrogen-bond acceptors (Lipinski definition) is 4. The average molecular weight is 291 g/mol. The third-order valence-corrected chi connectivity index (χ3v) is 3.48. The lowest BCUT2D eigenvalue weighted by atomic mass is 9.90. The molecule has 1 amide bonds. The highest BCUT2D eigenvalue weighted by molar-refractivity contribution is 6.33.